The zero-order chi connectivity index (χ0) is 19.0. The lowest BCUT2D eigenvalue weighted by Crippen LogP contribution is -2.13. The summed E-state index contributed by atoms with van der Waals surface area (Å²) in [6.45, 7) is 3.82. The van der Waals surface area contributed by atoms with Crippen LogP contribution in [0.2, 0.25) is 0 Å². The summed E-state index contributed by atoms with van der Waals surface area (Å²) in [5, 5.41) is 4.47. The molecule has 2 aromatic heterocycles. The molecule has 0 bridgehead atoms. The fraction of sp³-hybridized carbons (Fsp3) is 0.100. The quantitative estimate of drug-likeness (QED) is 0.586. The summed E-state index contributed by atoms with van der Waals surface area (Å²) >= 11 is 0. The van der Waals surface area contributed by atoms with Crippen LogP contribution in [-0.2, 0) is 10.0 Å². The first-order chi connectivity index (χ1) is 12.9. The molecule has 0 fully saturated rings. The summed E-state index contributed by atoms with van der Waals surface area (Å²) in [5.74, 6) is 0. The van der Waals surface area contributed by atoms with Crippen LogP contribution >= 0.6 is 0 Å². The van der Waals surface area contributed by atoms with Gasteiger partial charge in [-0.2, -0.15) is 5.10 Å². The maximum absolute atomic E-state index is 12.6. The lowest BCUT2D eigenvalue weighted by molar-refractivity contribution is 0.601. The third kappa shape index (κ3) is 3.41. The Balaban J connectivity index is 1.71. The molecular formula is C20H18N4O2S. The van der Waals surface area contributed by atoms with Crippen molar-refractivity contribution in [2.24, 2.45) is 0 Å². The van der Waals surface area contributed by atoms with Crippen molar-refractivity contribution in [3.05, 3.63) is 78.1 Å². The Hall–Kier alpha value is -3.19. The second-order valence-electron chi connectivity index (χ2n) is 6.39. The van der Waals surface area contributed by atoms with Gasteiger partial charge in [-0.1, -0.05) is 29.8 Å². The second kappa shape index (κ2) is 6.51. The summed E-state index contributed by atoms with van der Waals surface area (Å²) in [4.78, 5) is 4.53. The van der Waals surface area contributed by atoms with Gasteiger partial charge in [0.1, 0.15) is 0 Å². The topological polar surface area (TPSA) is 76.4 Å². The minimum atomic E-state index is -3.65. The first kappa shape index (κ1) is 17.2. The fourth-order valence-corrected chi connectivity index (χ4v) is 3.95. The van der Waals surface area contributed by atoms with Gasteiger partial charge < -0.3 is 0 Å². The maximum Gasteiger partial charge on any atom is 0.261 e. The molecule has 0 atom stereocenters. The first-order valence-electron chi connectivity index (χ1n) is 8.44. The van der Waals surface area contributed by atoms with E-state index in [0.29, 0.717) is 5.69 Å². The molecule has 0 spiro atoms. The number of nitrogens with one attached hydrogen (secondary N) is 1. The van der Waals surface area contributed by atoms with E-state index in [1.54, 1.807) is 47.1 Å². The van der Waals surface area contributed by atoms with Crippen LogP contribution in [0.1, 0.15) is 11.3 Å². The number of hydrogen-bond donors (Lipinski definition) is 1. The molecule has 7 heteroatoms. The van der Waals surface area contributed by atoms with Crippen LogP contribution in [0.4, 0.5) is 5.69 Å². The number of sulfonamides is 1. The van der Waals surface area contributed by atoms with E-state index in [2.05, 4.69) is 14.8 Å². The van der Waals surface area contributed by atoms with Gasteiger partial charge >= 0.3 is 0 Å². The molecule has 2 aromatic carbocycles. The molecule has 0 amide bonds. The van der Waals surface area contributed by atoms with Crippen LogP contribution < -0.4 is 4.72 Å². The van der Waals surface area contributed by atoms with Gasteiger partial charge in [-0.15, -0.1) is 0 Å². The van der Waals surface area contributed by atoms with Crippen molar-refractivity contribution >= 4 is 21.4 Å². The first-order valence-corrected chi connectivity index (χ1v) is 9.92. The van der Waals surface area contributed by atoms with E-state index in [4.69, 9.17) is 0 Å². The number of nitrogens with zero attached hydrogens (tertiary/aromatic N) is 3. The molecule has 27 heavy (non-hydrogen) atoms. The highest BCUT2D eigenvalue weighted by molar-refractivity contribution is 7.92. The predicted octanol–water partition coefficient (Wildman–Crippen LogP) is 3.81. The molecule has 4 aromatic rings. The van der Waals surface area contributed by atoms with Gasteiger partial charge in [0.25, 0.3) is 10.0 Å². The van der Waals surface area contributed by atoms with E-state index < -0.39 is 10.0 Å². The van der Waals surface area contributed by atoms with Crippen LogP contribution in [-0.4, -0.2) is 23.0 Å². The molecule has 136 valence electrons. The van der Waals surface area contributed by atoms with Gasteiger partial charge in [0, 0.05) is 23.5 Å². The Morgan fingerprint density at radius 1 is 0.963 bits per heavy atom. The van der Waals surface area contributed by atoms with Crippen molar-refractivity contribution in [3.8, 4) is 11.3 Å². The summed E-state index contributed by atoms with van der Waals surface area (Å²) in [6, 6.07) is 17.7. The van der Waals surface area contributed by atoms with E-state index in [9.17, 15) is 8.42 Å². The standard InChI is InChI=1S/C20H18N4O2S/c1-14-6-8-18(9-7-14)27(25,26)23-17-5-3-4-16(13-17)19-10-11-21-20-12-15(2)22-24(19)20/h3-13,23H,1-2H3. The minimum Gasteiger partial charge on any atom is -0.280 e. The van der Waals surface area contributed by atoms with Crippen LogP contribution in [0.5, 0.6) is 0 Å². The number of benzene rings is 2. The highest BCUT2D eigenvalue weighted by Crippen LogP contribution is 2.25. The van der Waals surface area contributed by atoms with Crippen molar-refractivity contribution < 1.29 is 8.42 Å². The predicted molar refractivity (Wildman–Crippen MR) is 105 cm³/mol. The number of hydrogen-bond acceptors (Lipinski definition) is 4. The second-order valence-corrected chi connectivity index (χ2v) is 8.07. The number of aryl methyl sites for hydroxylation is 2. The molecule has 0 aliphatic carbocycles. The monoisotopic (exact) mass is 378 g/mol. The SMILES string of the molecule is Cc1ccc(S(=O)(=O)Nc2cccc(-c3ccnc4cc(C)nn34)c2)cc1. The van der Waals surface area contributed by atoms with Gasteiger partial charge in [-0.25, -0.2) is 17.9 Å². The third-order valence-electron chi connectivity index (χ3n) is 4.22. The van der Waals surface area contributed by atoms with Crippen LogP contribution in [0.25, 0.3) is 16.9 Å². The van der Waals surface area contributed by atoms with Crippen molar-refractivity contribution in [1.82, 2.24) is 14.6 Å². The number of aromatic nitrogens is 3. The van der Waals surface area contributed by atoms with E-state index in [1.165, 1.54) is 0 Å². The molecule has 4 rings (SSSR count). The zero-order valence-corrected chi connectivity index (χ0v) is 15.7. The molecule has 0 radical (unpaired) electrons. The minimum absolute atomic E-state index is 0.229. The normalized spacial score (nSPS) is 11.6. The van der Waals surface area contributed by atoms with Gasteiger partial charge in [-0.05, 0) is 44.2 Å². The molecule has 0 aliphatic heterocycles. The average Bonchev–Trinajstić information content (AvgIpc) is 3.02. The molecular weight excluding hydrogens is 360 g/mol. The summed E-state index contributed by atoms with van der Waals surface area (Å²) in [6.07, 6.45) is 1.72. The summed E-state index contributed by atoms with van der Waals surface area (Å²) in [5.41, 5.74) is 4.79. The van der Waals surface area contributed by atoms with Crippen molar-refractivity contribution in [3.63, 3.8) is 0 Å². The van der Waals surface area contributed by atoms with E-state index >= 15 is 0 Å². The van der Waals surface area contributed by atoms with Gasteiger partial charge in [0.2, 0.25) is 0 Å². The molecule has 0 aliphatic rings. The molecule has 0 saturated carbocycles. The molecule has 1 N–H and O–H groups in total. The van der Waals surface area contributed by atoms with Gasteiger partial charge in [0.05, 0.1) is 16.3 Å². The smallest absolute Gasteiger partial charge is 0.261 e. The van der Waals surface area contributed by atoms with Gasteiger partial charge in [0.15, 0.2) is 5.65 Å². The van der Waals surface area contributed by atoms with Crippen molar-refractivity contribution in [1.29, 1.82) is 0 Å². The highest BCUT2D eigenvalue weighted by Gasteiger charge is 2.15. The van der Waals surface area contributed by atoms with Crippen LogP contribution in [0.3, 0.4) is 0 Å². The van der Waals surface area contributed by atoms with Crippen molar-refractivity contribution in [2.75, 3.05) is 4.72 Å². The zero-order valence-electron chi connectivity index (χ0n) is 14.9. The highest BCUT2D eigenvalue weighted by atomic mass is 32.2. The Kier molecular flexibility index (Phi) is 4.16. The molecule has 0 unspecified atom stereocenters. The Morgan fingerprint density at radius 2 is 1.74 bits per heavy atom. The lowest BCUT2D eigenvalue weighted by Gasteiger charge is -2.10. The number of fused-ring (bicyclic) bond motifs is 1. The van der Waals surface area contributed by atoms with E-state index in [1.807, 2.05) is 38.1 Å². The number of rotatable bonds is 4. The molecule has 0 saturated heterocycles. The lowest BCUT2D eigenvalue weighted by atomic mass is 10.1. The summed E-state index contributed by atoms with van der Waals surface area (Å²) in [7, 11) is -3.65. The Morgan fingerprint density at radius 3 is 2.52 bits per heavy atom. The summed E-state index contributed by atoms with van der Waals surface area (Å²) < 4.78 is 29.7. The fourth-order valence-electron chi connectivity index (χ4n) is 2.90. The van der Waals surface area contributed by atoms with E-state index in [-0.39, 0.29) is 4.90 Å². The maximum atomic E-state index is 12.6. The number of anilines is 1. The van der Waals surface area contributed by atoms with Crippen LogP contribution in [0.15, 0.2) is 71.8 Å². The molecule has 6 nitrogen and oxygen atoms in total. The van der Waals surface area contributed by atoms with E-state index in [0.717, 1.165) is 28.2 Å². The van der Waals surface area contributed by atoms with Gasteiger partial charge in [-0.3, -0.25) is 4.72 Å². The molecule has 2 heterocycles. The third-order valence-corrected chi connectivity index (χ3v) is 5.62. The van der Waals surface area contributed by atoms with Crippen LogP contribution in [0, 0.1) is 13.8 Å². The average molecular weight is 378 g/mol. The Labute approximate surface area is 157 Å². The van der Waals surface area contributed by atoms with Crippen molar-refractivity contribution in [2.45, 2.75) is 18.7 Å². The largest absolute Gasteiger partial charge is 0.280 e. The Bertz CT molecular complexity index is 1230.